The number of rotatable bonds is 1. The van der Waals surface area contributed by atoms with Gasteiger partial charge >= 0.3 is 0 Å². The molecule has 0 saturated heterocycles. The summed E-state index contributed by atoms with van der Waals surface area (Å²) in [6.07, 6.45) is 0. The zero-order chi connectivity index (χ0) is 8.36. The van der Waals surface area contributed by atoms with Gasteiger partial charge in [0.1, 0.15) is 0 Å². The first-order valence-corrected chi connectivity index (χ1v) is 3.61. The molecule has 2 heteroatoms. The maximum absolute atomic E-state index is 10.6. The van der Waals surface area contributed by atoms with Crippen LogP contribution in [0.4, 0.5) is 0 Å². The van der Waals surface area contributed by atoms with Crippen molar-refractivity contribution in [2.24, 2.45) is 5.41 Å². The van der Waals surface area contributed by atoms with Crippen molar-refractivity contribution in [1.82, 2.24) is 5.32 Å². The summed E-state index contributed by atoms with van der Waals surface area (Å²) < 4.78 is 0. The molecule has 0 saturated carbocycles. The molecule has 0 spiro atoms. The summed E-state index contributed by atoms with van der Waals surface area (Å²) in [6.45, 7) is 9.87. The Morgan fingerprint density at radius 1 is 1.40 bits per heavy atom. The Morgan fingerprint density at radius 3 is 1.90 bits per heavy atom. The van der Waals surface area contributed by atoms with Gasteiger partial charge in [0.05, 0.1) is 0 Å². The second kappa shape index (κ2) is 3.04. The molecule has 0 aliphatic rings. The molecular weight excluding hydrogens is 126 g/mol. The van der Waals surface area contributed by atoms with Crippen LogP contribution >= 0.6 is 0 Å². The molecule has 1 unspecified atom stereocenters. The summed E-state index contributed by atoms with van der Waals surface area (Å²) >= 11 is 0. The highest BCUT2D eigenvalue weighted by atomic mass is 16.1. The Balaban J connectivity index is 3.85. The quantitative estimate of drug-likeness (QED) is 0.593. The van der Waals surface area contributed by atoms with Crippen LogP contribution in [0.5, 0.6) is 0 Å². The minimum absolute atomic E-state index is 0.0439. The van der Waals surface area contributed by atoms with Gasteiger partial charge in [-0.1, -0.05) is 20.8 Å². The molecule has 0 aromatic heterocycles. The van der Waals surface area contributed by atoms with E-state index in [1.165, 1.54) is 0 Å². The lowest BCUT2D eigenvalue weighted by molar-refractivity contribution is -0.120. The molecule has 1 amide bonds. The van der Waals surface area contributed by atoms with E-state index in [1.54, 1.807) is 6.92 Å². The second-order valence-corrected chi connectivity index (χ2v) is 3.79. The van der Waals surface area contributed by atoms with E-state index < -0.39 is 0 Å². The summed E-state index contributed by atoms with van der Waals surface area (Å²) in [5, 5.41) is 2.84. The summed E-state index contributed by atoms with van der Waals surface area (Å²) in [5.74, 6) is 0.0439. The molecule has 0 rings (SSSR count). The van der Waals surface area contributed by atoms with Crippen LogP contribution in [0.3, 0.4) is 0 Å². The summed E-state index contributed by atoms with van der Waals surface area (Å²) in [5.41, 5.74) is 0.158. The van der Waals surface area contributed by atoms with Crippen LogP contribution < -0.4 is 5.32 Å². The van der Waals surface area contributed by atoms with Crippen LogP contribution in [0, 0.1) is 5.41 Å². The van der Waals surface area contributed by atoms with E-state index in [0.717, 1.165) is 0 Å². The van der Waals surface area contributed by atoms with E-state index in [9.17, 15) is 4.79 Å². The molecule has 60 valence electrons. The van der Waals surface area contributed by atoms with Crippen molar-refractivity contribution in [3.8, 4) is 0 Å². The molecule has 10 heavy (non-hydrogen) atoms. The molecular formula is C8H17NO. The summed E-state index contributed by atoms with van der Waals surface area (Å²) in [6, 6.07) is 0.241. The normalized spacial score (nSPS) is 14.5. The first-order valence-electron chi connectivity index (χ1n) is 3.61. The van der Waals surface area contributed by atoms with E-state index >= 15 is 0 Å². The van der Waals surface area contributed by atoms with Gasteiger partial charge in [0.2, 0.25) is 5.91 Å². The van der Waals surface area contributed by atoms with Crippen molar-refractivity contribution in [2.75, 3.05) is 0 Å². The summed E-state index contributed by atoms with van der Waals surface area (Å²) in [4.78, 5) is 10.6. The van der Waals surface area contributed by atoms with Crippen LogP contribution in [-0.4, -0.2) is 11.9 Å². The minimum atomic E-state index is 0.0439. The van der Waals surface area contributed by atoms with Gasteiger partial charge in [0.25, 0.3) is 0 Å². The minimum Gasteiger partial charge on any atom is -0.353 e. The first-order chi connectivity index (χ1) is 4.34. The van der Waals surface area contributed by atoms with Crippen molar-refractivity contribution in [2.45, 2.75) is 40.7 Å². The van der Waals surface area contributed by atoms with Crippen LogP contribution in [0.25, 0.3) is 0 Å². The molecule has 0 fully saturated rings. The van der Waals surface area contributed by atoms with Gasteiger partial charge < -0.3 is 5.32 Å². The maximum Gasteiger partial charge on any atom is 0.217 e. The Kier molecular flexibility index (Phi) is 2.88. The third kappa shape index (κ3) is 3.49. The molecule has 0 aliphatic carbocycles. The van der Waals surface area contributed by atoms with Crippen LogP contribution in [-0.2, 0) is 4.79 Å². The van der Waals surface area contributed by atoms with Crippen molar-refractivity contribution < 1.29 is 4.79 Å². The average molecular weight is 143 g/mol. The third-order valence-electron chi connectivity index (χ3n) is 1.72. The largest absolute Gasteiger partial charge is 0.353 e. The van der Waals surface area contributed by atoms with E-state index in [0.29, 0.717) is 0 Å². The Bertz CT molecular complexity index is 124. The number of nitrogens with one attached hydrogen (secondary N) is 1. The average Bonchev–Trinajstić information content (AvgIpc) is 1.60. The van der Waals surface area contributed by atoms with Gasteiger partial charge in [-0.15, -0.1) is 0 Å². The predicted molar refractivity (Wildman–Crippen MR) is 42.7 cm³/mol. The van der Waals surface area contributed by atoms with Gasteiger partial charge in [-0.2, -0.15) is 0 Å². The molecule has 2 nitrogen and oxygen atoms in total. The summed E-state index contributed by atoms with van der Waals surface area (Å²) in [7, 11) is 0. The highest BCUT2D eigenvalue weighted by Crippen LogP contribution is 2.17. The zero-order valence-corrected chi connectivity index (χ0v) is 7.49. The number of carbonyl (C=O) groups excluding carboxylic acids is 1. The number of hydrogen-bond acceptors (Lipinski definition) is 1. The Labute approximate surface area is 63.0 Å². The molecule has 0 radical (unpaired) electrons. The molecule has 0 aromatic rings. The van der Waals surface area contributed by atoms with Crippen LogP contribution in [0.15, 0.2) is 0 Å². The first kappa shape index (κ1) is 9.47. The molecule has 1 atom stereocenters. The fourth-order valence-electron chi connectivity index (χ4n) is 0.521. The van der Waals surface area contributed by atoms with Crippen molar-refractivity contribution in [3.63, 3.8) is 0 Å². The highest BCUT2D eigenvalue weighted by Gasteiger charge is 2.19. The van der Waals surface area contributed by atoms with Crippen molar-refractivity contribution in [3.05, 3.63) is 0 Å². The molecule has 0 aromatic carbocycles. The lowest BCUT2D eigenvalue weighted by Crippen LogP contribution is -2.40. The molecule has 0 bridgehead atoms. The number of carbonyl (C=O) groups is 1. The zero-order valence-electron chi connectivity index (χ0n) is 7.49. The maximum atomic E-state index is 10.6. The molecule has 1 N–H and O–H groups in total. The fraction of sp³-hybridized carbons (Fsp3) is 0.875. The Hall–Kier alpha value is -0.530. The molecule has 0 aliphatic heterocycles. The second-order valence-electron chi connectivity index (χ2n) is 3.79. The van der Waals surface area contributed by atoms with E-state index in [-0.39, 0.29) is 17.4 Å². The smallest absolute Gasteiger partial charge is 0.217 e. The standard InChI is InChI=1S/C8H17NO/c1-6(8(3,4)5)9-7(2)10/h6H,1-5H3,(H,9,10). The fourth-order valence-corrected chi connectivity index (χ4v) is 0.521. The predicted octanol–water partition coefficient (Wildman–Crippen LogP) is 1.56. The monoisotopic (exact) mass is 143 g/mol. The SMILES string of the molecule is CC(=O)NC(C)C(C)(C)C. The topological polar surface area (TPSA) is 29.1 Å². The third-order valence-corrected chi connectivity index (χ3v) is 1.72. The van der Waals surface area contributed by atoms with Crippen LogP contribution in [0.1, 0.15) is 34.6 Å². The van der Waals surface area contributed by atoms with E-state index in [1.807, 2.05) is 6.92 Å². The van der Waals surface area contributed by atoms with Gasteiger partial charge in [-0.05, 0) is 12.3 Å². The number of hydrogen-bond donors (Lipinski definition) is 1. The van der Waals surface area contributed by atoms with E-state index in [2.05, 4.69) is 26.1 Å². The number of amides is 1. The van der Waals surface area contributed by atoms with Gasteiger partial charge in [-0.3, -0.25) is 4.79 Å². The van der Waals surface area contributed by atoms with Crippen molar-refractivity contribution in [1.29, 1.82) is 0 Å². The van der Waals surface area contributed by atoms with Gasteiger partial charge in [0, 0.05) is 13.0 Å². The van der Waals surface area contributed by atoms with Gasteiger partial charge in [0.15, 0.2) is 0 Å². The lowest BCUT2D eigenvalue weighted by Gasteiger charge is -2.27. The Morgan fingerprint density at radius 2 is 1.80 bits per heavy atom. The van der Waals surface area contributed by atoms with Gasteiger partial charge in [-0.25, -0.2) is 0 Å². The molecule has 0 heterocycles. The lowest BCUT2D eigenvalue weighted by atomic mass is 9.88. The highest BCUT2D eigenvalue weighted by molar-refractivity contribution is 5.73. The van der Waals surface area contributed by atoms with E-state index in [4.69, 9.17) is 0 Å². The van der Waals surface area contributed by atoms with Crippen molar-refractivity contribution >= 4 is 5.91 Å². The van der Waals surface area contributed by atoms with Crippen LogP contribution in [0.2, 0.25) is 0 Å².